The van der Waals surface area contributed by atoms with E-state index in [2.05, 4.69) is 24.5 Å². The van der Waals surface area contributed by atoms with Gasteiger partial charge in [0.05, 0.1) is 5.56 Å². The van der Waals surface area contributed by atoms with E-state index in [4.69, 9.17) is 9.47 Å². The van der Waals surface area contributed by atoms with E-state index in [1.807, 2.05) is 12.1 Å². The van der Waals surface area contributed by atoms with E-state index in [-0.39, 0.29) is 11.8 Å². The lowest BCUT2D eigenvalue weighted by Gasteiger charge is -2.19. The van der Waals surface area contributed by atoms with Crippen LogP contribution in [0.1, 0.15) is 46.0 Å². The molecule has 2 amide bonds. The van der Waals surface area contributed by atoms with Crippen molar-refractivity contribution in [2.75, 3.05) is 23.8 Å². The van der Waals surface area contributed by atoms with Crippen LogP contribution in [0, 0.1) is 0 Å². The van der Waals surface area contributed by atoms with Gasteiger partial charge in [-0.3, -0.25) is 9.59 Å². The largest absolute Gasteiger partial charge is 0.486 e. The highest BCUT2D eigenvalue weighted by Crippen LogP contribution is 2.33. The minimum atomic E-state index is -0.307. The summed E-state index contributed by atoms with van der Waals surface area (Å²) in [7, 11) is 0. The van der Waals surface area contributed by atoms with Crippen molar-refractivity contribution in [1.82, 2.24) is 0 Å². The number of hydrogen-bond donors (Lipinski definition) is 2. The van der Waals surface area contributed by atoms with Crippen LogP contribution in [0.3, 0.4) is 0 Å². The third-order valence-corrected chi connectivity index (χ3v) is 5.61. The Morgan fingerprint density at radius 3 is 2.37 bits per heavy atom. The van der Waals surface area contributed by atoms with Crippen molar-refractivity contribution in [3.63, 3.8) is 0 Å². The van der Waals surface area contributed by atoms with Gasteiger partial charge in [-0.05, 0) is 47.2 Å². The first-order valence-corrected chi connectivity index (χ1v) is 10.6. The predicted octanol–water partition coefficient (Wildman–Crippen LogP) is 5.15. The second-order valence-corrected chi connectivity index (χ2v) is 8.12. The fraction of sp³-hybridized carbons (Fsp3) is 0.217. The molecule has 0 aliphatic carbocycles. The molecule has 3 aromatic rings. The number of carbonyl (C=O) groups excluding carboxylic acids is 2. The molecule has 0 radical (unpaired) electrons. The number of hydrogen-bond acceptors (Lipinski definition) is 5. The molecule has 1 aliphatic heterocycles. The fourth-order valence-corrected chi connectivity index (χ4v) is 3.88. The Bertz CT molecular complexity index is 1070. The first-order valence-electron chi connectivity index (χ1n) is 9.71. The van der Waals surface area contributed by atoms with Crippen molar-refractivity contribution in [2.45, 2.75) is 19.8 Å². The molecule has 0 saturated heterocycles. The van der Waals surface area contributed by atoms with E-state index >= 15 is 0 Å². The van der Waals surface area contributed by atoms with Crippen molar-refractivity contribution in [1.29, 1.82) is 0 Å². The Labute approximate surface area is 178 Å². The number of fused-ring (bicyclic) bond motifs is 1. The van der Waals surface area contributed by atoms with Gasteiger partial charge in [0.15, 0.2) is 11.5 Å². The van der Waals surface area contributed by atoms with Gasteiger partial charge >= 0.3 is 0 Å². The van der Waals surface area contributed by atoms with Gasteiger partial charge in [-0.15, -0.1) is 11.3 Å². The van der Waals surface area contributed by atoms with Crippen LogP contribution in [0.5, 0.6) is 11.5 Å². The molecular weight excluding hydrogens is 400 g/mol. The number of nitrogens with one attached hydrogen (secondary N) is 2. The highest BCUT2D eigenvalue weighted by atomic mass is 32.1. The second-order valence-electron chi connectivity index (χ2n) is 7.21. The summed E-state index contributed by atoms with van der Waals surface area (Å²) in [5.74, 6) is 1.10. The molecule has 30 heavy (non-hydrogen) atoms. The van der Waals surface area contributed by atoms with Gasteiger partial charge in [0, 0.05) is 17.3 Å². The number of thiophene rings is 1. The number of ether oxygens (including phenoxy) is 2. The molecule has 0 spiro atoms. The van der Waals surface area contributed by atoms with Crippen molar-refractivity contribution < 1.29 is 19.1 Å². The summed E-state index contributed by atoms with van der Waals surface area (Å²) in [4.78, 5) is 25.4. The fourth-order valence-electron chi connectivity index (χ4n) is 3.10. The molecular formula is C23H22N2O4S. The lowest BCUT2D eigenvalue weighted by Crippen LogP contribution is -2.18. The van der Waals surface area contributed by atoms with Gasteiger partial charge in [0.2, 0.25) is 0 Å². The van der Waals surface area contributed by atoms with E-state index in [0.717, 1.165) is 0 Å². The highest BCUT2D eigenvalue weighted by Gasteiger charge is 2.18. The monoisotopic (exact) mass is 422 g/mol. The zero-order valence-electron chi connectivity index (χ0n) is 16.7. The summed E-state index contributed by atoms with van der Waals surface area (Å²) in [5, 5.41) is 7.97. The van der Waals surface area contributed by atoms with Gasteiger partial charge < -0.3 is 20.1 Å². The van der Waals surface area contributed by atoms with Crippen molar-refractivity contribution >= 4 is 33.8 Å². The predicted molar refractivity (Wildman–Crippen MR) is 118 cm³/mol. The molecule has 0 bridgehead atoms. The van der Waals surface area contributed by atoms with Crippen molar-refractivity contribution in [3.8, 4) is 11.5 Å². The summed E-state index contributed by atoms with van der Waals surface area (Å²) in [6.07, 6.45) is 0. The van der Waals surface area contributed by atoms with E-state index in [9.17, 15) is 9.59 Å². The Morgan fingerprint density at radius 2 is 1.63 bits per heavy atom. The molecule has 0 fully saturated rings. The summed E-state index contributed by atoms with van der Waals surface area (Å²) in [6, 6.07) is 14.4. The van der Waals surface area contributed by atoms with Gasteiger partial charge in [-0.2, -0.15) is 0 Å². The van der Waals surface area contributed by atoms with E-state index < -0.39 is 0 Å². The molecule has 1 aliphatic rings. The molecule has 1 aromatic heterocycles. The third-order valence-electron chi connectivity index (χ3n) is 4.78. The average molecular weight is 423 g/mol. The lowest BCUT2D eigenvalue weighted by atomic mass is 10.0. The van der Waals surface area contributed by atoms with E-state index in [1.165, 1.54) is 16.9 Å². The Hall–Kier alpha value is -3.32. The topological polar surface area (TPSA) is 76.7 Å². The molecule has 0 atom stereocenters. The maximum absolute atomic E-state index is 12.8. The molecule has 0 unspecified atom stereocenters. The summed E-state index contributed by atoms with van der Waals surface area (Å²) in [5.41, 5.74) is 2.72. The third kappa shape index (κ3) is 4.31. The number of benzene rings is 2. The minimum absolute atomic E-state index is 0.249. The SMILES string of the molecule is CC(C)c1ccc(C(=O)Nc2sccc2C(=O)Nc2ccc3c(c2)OCCO3)cc1. The normalized spacial score (nSPS) is 12.5. The van der Waals surface area contributed by atoms with Gasteiger partial charge in [0.1, 0.15) is 18.2 Å². The number of amides is 2. The van der Waals surface area contributed by atoms with Crippen LogP contribution in [-0.4, -0.2) is 25.0 Å². The molecule has 7 heteroatoms. The molecule has 2 aromatic carbocycles. The number of rotatable bonds is 5. The van der Waals surface area contributed by atoms with Crippen LogP contribution < -0.4 is 20.1 Å². The van der Waals surface area contributed by atoms with Crippen LogP contribution in [0.4, 0.5) is 10.7 Å². The quantitative estimate of drug-likeness (QED) is 0.596. The first-order chi connectivity index (χ1) is 14.5. The Kier molecular flexibility index (Phi) is 5.72. The van der Waals surface area contributed by atoms with Gasteiger partial charge in [-0.1, -0.05) is 26.0 Å². The summed E-state index contributed by atoms with van der Waals surface area (Å²) >= 11 is 1.30. The van der Waals surface area contributed by atoms with Crippen LogP contribution >= 0.6 is 11.3 Å². The average Bonchev–Trinajstić information content (AvgIpc) is 3.22. The Balaban J connectivity index is 1.46. The van der Waals surface area contributed by atoms with Gasteiger partial charge in [0.25, 0.3) is 11.8 Å². The van der Waals surface area contributed by atoms with Crippen LogP contribution in [0.2, 0.25) is 0 Å². The molecule has 4 rings (SSSR count). The van der Waals surface area contributed by atoms with Crippen LogP contribution in [0.25, 0.3) is 0 Å². The summed E-state index contributed by atoms with van der Waals surface area (Å²) in [6.45, 7) is 5.20. The number of carbonyl (C=O) groups is 2. The summed E-state index contributed by atoms with van der Waals surface area (Å²) < 4.78 is 11.1. The zero-order valence-corrected chi connectivity index (χ0v) is 17.5. The zero-order chi connectivity index (χ0) is 21.1. The van der Waals surface area contributed by atoms with Crippen LogP contribution in [0.15, 0.2) is 53.9 Å². The van der Waals surface area contributed by atoms with Crippen molar-refractivity contribution in [2.24, 2.45) is 0 Å². The molecule has 2 N–H and O–H groups in total. The highest BCUT2D eigenvalue weighted by molar-refractivity contribution is 7.14. The first kappa shape index (κ1) is 20.0. The van der Waals surface area contributed by atoms with E-state index in [0.29, 0.717) is 52.4 Å². The smallest absolute Gasteiger partial charge is 0.258 e. The molecule has 2 heterocycles. The second kappa shape index (κ2) is 8.59. The maximum atomic E-state index is 12.8. The maximum Gasteiger partial charge on any atom is 0.258 e. The Morgan fingerprint density at radius 1 is 0.900 bits per heavy atom. The minimum Gasteiger partial charge on any atom is -0.486 e. The lowest BCUT2D eigenvalue weighted by molar-refractivity contribution is 0.102. The van der Waals surface area contributed by atoms with Gasteiger partial charge in [-0.25, -0.2) is 0 Å². The van der Waals surface area contributed by atoms with E-state index in [1.54, 1.807) is 41.8 Å². The molecule has 6 nitrogen and oxygen atoms in total. The van der Waals surface area contributed by atoms with Crippen molar-refractivity contribution in [3.05, 3.63) is 70.6 Å². The standard InChI is InChI=1S/C23H22N2O4S/c1-14(2)15-3-5-16(6-4-15)21(26)25-23-18(9-12-30-23)22(27)24-17-7-8-19-20(13-17)29-11-10-28-19/h3-9,12-14H,10-11H2,1-2H3,(H,24,27)(H,25,26). The molecule has 154 valence electrons. The molecule has 0 saturated carbocycles. The number of anilines is 2. The van der Waals surface area contributed by atoms with Crippen LogP contribution in [-0.2, 0) is 0 Å².